The minimum Gasteiger partial charge on any atom is -0.504 e. The number of rotatable bonds is 5. The molecule has 0 fully saturated rings. The second-order valence-electron chi connectivity index (χ2n) is 7.58. The lowest BCUT2D eigenvalue weighted by molar-refractivity contribution is 0.180. The summed E-state index contributed by atoms with van der Waals surface area (Å²) in [6.45, 7) is 3.23. The average molecular weight is 437 g/mol. The molecule has 2 aromatic carbocycles. The lowest BCUT2D eigenvalue weighted by atomic mass is 9.90. The zero-order chi connectivity index (χ0) is 21.4. The van der Waals surface area contributed by atoms with E-state index in [9.17, 15) is 28.5 Å². The molecule has 3 rings (SSSR count). The Morgan fingerprint density at radius 1 is 1.14 bits per heavy atom. The normalized spacial score (nSPS) is 18.7. The number of thioether (sulfide) groups is 1. The molecule has 0 amide bonds. The van der Waals surface area contributed by atoms with Gasteiger partial charge in [0, 0.05) is 10.8 Å². The van der Waals surface area contributed by atoms with Crippen LogP contribution in [0.4, 0.5) is 0 Å². The molecule has 0 aliphatic heterocycles. The summed E-state index contributed by atoms with van der Waals surface area (Å²) in [6.07, 6.45) is 1.45. The lowest BCUT2D eigenvalue weighted by Gasteiger charge is -2.31. The highest BCUT2D eigenvalue weighted by molar-refractivity contribution is 8.02. The Bertz CT molecular complexity index is 1080. The Labute approximate surface area is 174 Å². The van der Waals surface area contributed by atoms with Crippen LogP contribution in [0.15, 0.2) is 46.1 Å². The number of hydrogen-bond donors (Lipinski definition) is 3. The molecule has 0 aromatic heterocycles. The van der Waals surface area contributed by atoms with E-state index in [2.05, 4.69) is 0 Å². The van der Waals surface area contributed by atoms with Gasteiger partial charge >= 0.3 is 0 Å². The molecule has 0 bridgehead atoms. The van der Waals surface area contributed by atoms with Crippen molar-refractivity contribution in [1.29, 1.82) is 0 Å². The van der Waals surface area contributed by atoms with Gasteiger partial charge in [-0.3, -0.25) is 4.79 Å². The van der Waals surface area contributed by atoms with E-state index in [0.717, 1.165) is 5.56 Å². The van der Waals surface area contributed by atoms with Crippen molar-refractivity contribution in [3.8, 4) is 11.5 Å². The van der Waals surface area contributed by atoms with Gasteiger partial charge in [-0.2, -0.15) is 0 Å². The van der Waals surface area contributed by atoms with E-state index in [1.807, 2.05) is 0 Å². The van der Waals surface area contributed by atoms with Crippen LogP contribution in [0.1, 0.15) is 30.0 Å². The number of aliphatic hydroxyl groups is 1. The van der Waals surface area contributed by atoms with Crippen LogP contribution in [0.3, 0.4) is 0 Å². The van der Waals surface area contributed by atoms with Gasteiger partial charge in [0.15, 0.2) is 15.6 Å². The van der Waals surface area contributed by atoms with Crippen molar-refractivity contribution < 1.29 is 23.7 Å². The number of aromatic hydroxyl groups is 2. The van der Waals surface area contributed by atoms with Crippen LogP contribution in [0.25, 0.3) is 0 Å². The van der Waals surface area contributed by atoms with Crippen molar-refractivity contribution >= 4 is 21.6 Å². The molecule has 1 aliphatic carbocycles. The second kappa shape index (κ2) is 8.01. The number of benzene rings is 1. The summed E-state index contributed by atoms with van der Waals surface area (Å²) in [6, 6.07) is 9.31. The molecule has 2 atom stereocenters. The van der Waals surface area contributed by atoms with E-state index in [-0.39, 0.29) is 15.9 Å². The summed E-state index contributed by atoms with van der Waals surface area (Å²) in [7, 11) is -3.65. The first kappa shape index (κ1) is 21.7. The molecule has 0 heterocycles. The molecule has 0 spiro atoms. The van der Waals surface area contributed by atoms with Crippen molar-refractivity contribution in [3.05, 3.63) is 63.3 Å². The van der Waals surface area contributed by atoms with Gasteiger partial charge in [0.25, 0.3) is 0 Å². The summed E-state index contributed by atoms with van der Waals surface area (Å²) >= 11 is 1.18. The van der Waals surface area contributed by atoms with Crippen LogP contribution in [0.2, 0.25) is 0 Å². The molecule has 0 saturated heterocycles. The van der Waals surface area contributed by atoms with Gasteiger partial charge < -0.3 is 15.3 Å². The predicted molar refractivity (Wildman–Crippen MR) is 113 cm³/mol. The first-order chi connectivity index (χ1) is 13.5. The molecular formula is C21H24O6S2. The summed E-state index contributed by atoms with van der Waals surface area (Å²) in [5.41, 5.74) is 1.31. The number of sulfone groups is 1. The molecule has 3 N–H and O–H groups in total. The van der Waals surface area contributed by atoms with Gasteiger partial charge in [-0.1, -0.05) is 18.2 Å². The first-order valence-corrected chi connectivity index (χ1v) is 11.8. The summed E-state index contributed by atoms with van der Waals surface area (Å²) in [5.74, 6) is -1.46. The molecule has 6 nitrogen and oxygen atoms in total. The predicted octanol–water partition coefficient (Wildman–Crippen LogP) is 2.54. The maximum atomic E-state index is 12.6. The molecule has 0 saturated carbocycles. The van der Waals surface area contributed by atoms with Gasteiger partial charge in [0.05, 0.1) is 10.6 Å². The van der Waals surface area contributed by atoms with E-state index in [1.54, 1.807) is 25.1 Å². The summed E-state index contributed by atoms with van der Waals surface area (Å²) in [4.78, 5) is 10.6. The van der Waals surface area contributed by atoms with Crippen LogP contribution >= 0.6 is 11.8 Å². The second-order valence-corrected chi connectivity index (χ2v) is 11.3. The maximum Gasteiger partial charge on any atom is 0.224 e. The fraction of sp³-hybridized carbons (Fsp3) is 0.381. The smallest absolute Gasteiger partial charge is 0.224 e. The minimum absolute atomic E-state index is 0.0961. The highest BCUT2D eigenvalue weighted by atomic mass is 32.2. The van der Waals surface area contributed by atoms with Gasteiger partial charge in [0.2, 0.25) is 11.2 Å². The highest BCUT2D eigenvalue weighted by Gasteiger charge is 2.35. The van der Waals surface area contributed by atoms with Crippen molar-refractivity contribution in [2.75, 3.05) is 5.75 Å². The van der Waals surface area contributed by atoms with E-state index in [4.69, 9.17) is 0 Å². The largest absolute Gasteiger partial charge is 0.504 e. The van der Waals surface area contributed by atoms with Crippen LogP contribution in [-0.2, 0) is 22.7 Å². The quantitative estimate of drug-likeness (QED) is 0.618. The zero-order valence-corrected chi connectivity index (χ0v) is 17.9. The third kappa shape index (κ3) is 4.76. The number of fused-ring (bicyclic) bond motifs is 1. The summed E-state index contributed by atoms with van der Waals surface area (Å²) < 4.78 is 25.3. The van der Waals surface area contributed by atoms with Crippen molar-refractivity contribution in [3.63, 3.8) is 0 Å². The number of hydrogen-bond acceptors (Lipinski definition) is 7. The third-order valence-corrected chi connectivity index (χ3v) is 8.56. The molecule has 8 heteroatoms. The van der Waals surface area contributed by atoms with E-state index in [0.29, 0.717) is 30.4 Å². The Balaban J connectivity index is 1.82. The molecule has 0 radical (unpaired) electrons. The van der Waals surface area contributed by atoms with Crippen LogP contribution < -0.4 is 5.43 Å². The van der Waals surface area contributed by atoms with Gasteiger partial charge in [-0.05, 0) is 62.4 Å². The Kier molecular flexibility index (Phi) is 5.98. The topological polar surface area (TPSA) is 112 Å². The Morgan fingerprint density at radius 2 is 1.79 bits per heavy atom. The first-order valence-electron chi connectivity index (χ1n) is 9.26. The number of aryl methyl sites for hydroxylation is 1. The van der Waals surface area contributed by atoms with Crippen molar-refractivity contribution in [1.82, 2.24) is 0 Å². The lowest BCUT2D eigenvalue weighted by Crippen LogP contribution is -2.34. The van der Waals surface area contributed by atoms with E-state index >= 15 is 0 Å². The van der Waals surface area contributed by atoms with Crippen molar-refractivity contribution in [2.24, 2.45) is 0 Å². The molecule has 29 heavy (non-hydrogen) atoms. The Hall–Kier alpha value is -2.03. The van der Waals surface area contributed by atoms with Gasteiger partial charge in [-0.25, -0.2) is 8.42 Å². The van der Waals surface area contributed by atoms with Crippen LogP contribution in [0.5, 0.6) is 11.5 Å². The average Bonchev–Trinajstić information content (AvgIpc) is 2.72. The van der Waals surface area contributed by atoms with Crippen molar-refractivity contribution in [2.45, 2.75) is 48.2 Å². The fourth-order valence-electron chi connectivity index (χ4n) is 3.74. The highest BCUT2D eigenvalue weighted by Crippen LogP contribution is 2.40. The maximum absolute atomic E-state index is 12.6. The monoisotopic (exact) mass is 436 g/mol. The Morgan fingerprint density at radius 3 is 2.45 bits per heavy atom. The van der Waals surface area contributed by atoms with Crippen LogP contribution in [-0.4, -0.2) is 39.7 Å². The molecule has 2 aromatic rings. The SMILES string of the molecule is Cc1cc(=O)c(O)c(O)c2c1CC(SC(C)(O)CS(=O)(=O)c1ccccc1)CC2. The molecule has 156 valence electrons. The fourth-order valence-corrected chi connectivity index (χ4v) is 7.12. The zero-order valence-electron chi connectivity index (χ0n) is 16.3. The standard InChI is InChI=1S/C21H24O6S2/c1-13-10-18(22)20(24)19(23)16-9-8-14(11-17(13)16)28-21(2,25)12-29(26,27)15-6-4-3-5-7-15/h3-7,10,14,25H,8-9,11-12H2,1-2H3,(H2,22,23,24). The molecular weight excluding hydrogens is 412 g/mol. The molecule has 2 unspecified atom stereocenters. The van der Waals surface area contributed by atoms with E-state index in [1.165, 1.54) is 36.9 Å². The van der Waals surface area contributed by atoms with Gasteiger partial charge in [0.1, 0.15) is 4.93 Å². The minimum atomic E-state index is -3.65. The molecule has 1 aliphatic rings. The van der Waals surface area contributed by atoms with Gasteiger partial charge in [-0.15, -0.1) is 11.8 Å². The summed E-state index contributed by atoms with van der Waals surface area (Å²) in [5, 5.41) is 30.8. The van der Waals surface area contributed by atoms with Crippen LogP contribution in [0, 0.1) is 6.92 Å². The third-order valence-electron chi connectivity index (χ3n) is 5.06. The van der Waals surface area contributed by atoms with E-state index < -0.39 is 31.7 Å².